The monoisotopic (exact) mass is 180 g/mol. The Hall–Kier alpha value is -0.780. The fourth-order valence-electron chi connectivity index (χ4n) is 0.971. The third-order valence-electron chi connectivity index (χ3n) is 1.57. The van der Waals surface area contributed by atoms with Crippen molar-refractivity contribution in [1.29, 1.82) is 0 Å². The highest BCUT2D eigenvalue weighted by atomic mass is 14.0. The van der Waals surface area contributed by atoms with Crippen LogP contribution in [-0.4, -0.2) is 0 Å². The van der Waals surface area contributed by atoms with Crippen molar-refractivity contribution in [2.45, 2.75) is 47.5 Å². The molecule has 0 aromatic carbocycles. The minimum Gasteiger partial charge on any atom is -0.0961 e. The standard InChI is InChI=1S/C11H18.C2H6/c1-6-7-10(4)11(5)8-9(2)3;1-2/h8H,2,4,6-7H2,1,3,5H3;1-2H3/b11-8-;. The van der Waals surface area contributed by atoms with Gasteiger partial charge in [0.1, 0.15) is 0 Å². The third-order valence-corrected chi connectivity index (χ3v) is 1.57. The van der Waals surface area contributed by atoms with E-state index < -0.39 is 0 Å². The van der Waals surface area contributed by atoms with Crippen molar-refractivity contribution in [2.75, 3.05) is 0 Å². The van der Waals surface area contributed by atoms with Gasteiger partial charge in [-0.25, -0.2) is 0 Å². The van der Waals surface area contributed by atoms with Crippen molar-refractivity contribution in [2.24, 2.45) is 0 Å². The van der Waals surface area contributed by atoms with Crippen LogP contribution in [0.1, 0.15) is 47.5 Å². The van der Waals surface area contributed by atoms with Gasteiger partial charge >= 0.3 is 0 Å². The van der Waals surface area contributed by atoms with Crippen LogP contribution in [0, 0.1) is 0 Å². The van der Waals surface area contributed by atoms with Gasteiger partial charge in [0.05, 0.1) is 0 Å². The molecule has 0 unspecified atom stereocenters. The number of rotatable bonds is 4. The minimum absolute atomic E-state index is 1.09. The van der Waals surface area contributed by atoms with Gasteiger partial charge in [-0.3, -0.25) is 0 Å². The highest BCUT2D eigenvalue weighted by molar-refractivity contribution is 5.31. The van der Waals surface area contributed by atoms with Gasteiger partial charge in [0.25, 0.3) is 0 Å². The van der Waals surface area contributed by atoms with Crippen molar-refractivity contribution >= 4 is 0 Å². The van der Waals surface area contributed by atoms with Crippen molar-refractivity contribution < 1.29 is 0 Å². The fourth-order valence-corrected chi connectivity index (χ4v) is 0.971. The molecule has 13 heavy (non-hydrogen) atoms. The van der Waals surface area contributed by atoms with Gasteiger partial charge in [-0.1, -0.05) is 57.6 Å². The Morgan fingerprint density at radius 3 is 1.92 bits per heavy atom. The Balaban J connectivity index is 0. The second kappa shape index (κ2) is 9.31. The molecule has 0 nitrogen and oxygen atoms in total. The molecule has 0 heteroatoms. The molecule has 0 aliphatic heterocycles. The van der Waals surface area contributed by atoms with Gasteiger partial charge in [-0.15, -0.1) is 0 Å². The summed E-state index contributed by atoms with van der Waals surface area (Å²) in [7, 11) is 0. The minimum atomic E-state index is 1.09. The van der Waals surface area contributed by atoms with Crippen LogP contribution in [-0.2, 0) is 0 Å². The molecule has 76 valence electrons. The van der Waals surface area contributed by atoms with Crippen LogP contribution in [0.25, 0.3) is 0 Å². The summed E-state index contributed by atoms with van der Waals surface area (Å²) in [6, 6.07) is 0. The number of allylic oxidation sites excluding steroid dienone is 4. The Bertz CT molecular complexity index is 182. The second-order valence-corrected chi connectivity index (χ2v) is 3.03. The molecule has 0 heterocycles. The predicted molar refractivity (Wildman–Crippen MR) is 64.0 cm³/mol. The molecule has 0 N–H and O–H groups in total. The summed E-state index contributed by atoms with van der Waals surface area (Å²) in [6.45, 7) is 18.1. The molecule has 0 amide bonds. The van der Waals surface area contributed by atoms with Crippen molar-refractivity contribution in [3.63, 3.8) is 0 Å². The van der Waals surface area contributed by atoms with Crippen LogP contribution in [0.15, 0.2) is 36.0 Å². The molecule has 0 saturated carbocycles. The molecule has 0 aliphatic rings. The normalized spacial score (nSPS) is 10.1. The molecule has 0 aromatic heterocycles. The molecule has 0 saturated heterocycles. The predicted octanol–water partition coefficient (Wildman–Crippen LogP) is 4.89. The third kappa shape index (κ3) is 9.13. The first kappa shape index (κ1) is 14.7. The van der Waals surface area contributed by atoms with E-state index in [0.717, 1.165) is 12.0 Å². The first-order chi connectivity index (χ1) is 6.07. The Labute approximate surface area is 84.1 Å². The van der Waals surface area contributed by atoms with Crippen LogP contribution < -0.4 is 0 Å². The average Bonchev–Trinajstić information content (AvgIpc) is 2.07. The number of hydrogen-bond donors (Lipinski definition) is 0. The second-order valence-electron chi connectivity index (χ2n) is 3.03. The van der Waals surface area contributed by atoms with E-state index in [1.165, 1.54) is 17.6 Å². The highest BCUT2D eigenvalue weighted by Gasteiger charge is 1.94. The molecule has 0 radical (unpaired) electrons. The van der Waals surface area contributed by atoms with E-state index in [0.29, 0.717) is 0 Å². The smallest absolute Gasteiger partial charge is 0.0285 e. The lowest BCUT2D eigenvalue weighted by Crippen LogP contribution is -1.83. The number of hydrogen-bond acceptors (Lipinski definition) is 0. The zero-order valence-electron chi connectivity index (χ0n) is 9.91. The molecule has 0 aliphatic carbocycles. The van der Waals surface area contributed by atoms with E-state index >= 15 is 0 Å². The summed E-state index contributed by atoms with van der Waals surface area (Å²) in [5.41, 5.74) is 3.59. The van der Waals surface area contributed by atoms with Gasteiger partial charge in [-0.2, -0.15) is 0 Å². The van der Waals surface area contributed by atoms with E-state index in [4.69, 9.17) is 0 Å². The first-order valence-corrected chi connectivity index (χ1v) is 5.10. The van der Waals surface area contributed by atoms with Gasteiger partial charge in [-0.05, 0) is 25.8 Å². The largest absolute Gasteiger partial charge is 0.0961 e. The lowest BCUT2D eigenvalue weighted by atomic mass is 10.0. The molecule has 0 rings (SSSR count). The van der Waals surface area contributed by atoms with Gasteiger partial charge in [0, 0.05) is 0 Å². The summed E-state index contributed by atoms with van der Waals surface area (Å²) < 4.78 is 0. The fraction of sp³-hybridized carbons (Fsp3) is 0.538. The van der Waals surface area contributed by atoms with Crippen molar-refractivity contribution in [1.82, 2.24) is 0 Å². The maximum Gasteiger partial charge on any atom is -0.0285 e. The summed E-state index contributed by atoms with van der Waals surface area (Å²) in [5.74, 6) is 0. The highest BCUT2D eigenvalue weighted by Crippen LogP contribution is 2.14. The van der Waals surface area contributed by atoms with Gasteiger partial charge < -0.3 is 0 Å². The maximum atomic E-state index is 3.99. The Morgan fingerprint density at radius 2 is 1.62 bits per heavy atom. The molecular formula is C13H24. The van der Waals surface area contributed by atoms with Crippen LogP contribution in [0.4, 0.5) is 0 Å². The lowest BCUT2D eigenvalue weighted by molar-refractivity contribution is 0.915. The van der Waals surface area contributed by atoms with Crippen LogP contribution >= 0.6 is 0 Å². The van der Waals surface area contributed by atoms with E-state index in [-0.39, 0.29) is 0 Å². The van der Waals surface area contributed by atoms with E-state index in [2.05, 4.69) is 33.1 Å². The van der Waals surface area contributed by atoms with Crippen molar-refractivity contribution in [3.8, 4) is 0 Å². The molecule has 0 bridgehead atoms. The maximum absolute atomic E-state index is 3.99. The molecule has 0 fully saturated rings. The zero-order valence-corrected chi connectivity index (χ0v) is 9.91. The van der Waals surface area contributed by atoms with Gasteiger partial charge in [0.15, 0.2) is 0 Å². The van der Waals surface area contributed by atoms with E-state index in [1.807, 2.05) is 20.8 Å². The zero-order chi connectivity index (χ0) is 10.9. The summed E-state index contributed by atoms with van der Waals surface area (Å²) >= 11 is 0. The van der Waals surface area contributed by atoms with E-state index in [9.17, 15) is 0 Å². The quantitative estimate of drug-likeness (QED) is 0.540. The Morgan fingerprint density at radius 1 is 1.15 bits per heavy atom. The summed E-state index contributed by atoms with van der Waals surface area (Å²) in [5, 5.41) is 0. The van der Waals surface area contributed by atoms with Crippen LogP contribution in [0.3, 0.4) is 0 Å². The molecular weight excluding hydrogens is 156 g/mol. The molecule has 0 atom stereocenters. The van der Waals surface area contributed by atoms with Crippen LogP contribution in [0.5, 0.6) is 0 Å². The van der Waals surface area contributed by atoms with Crippen molar-refractivity contribution in [3.05, 3.63) is 36.0 Å². The SMILES string of the molecule is C=C(C)/C=C(/C)C(=C)CCC.CC. The topological polar surface area (TPSA) is 0 Å². The van der Waals surface area contributed by atoms with Crippen LogP contribution in [0.2, 0.25) is 0 Å². The summed E-state index contributed by atoms with van der Waals surface area (Å²) in [6.07, 6.45) is 4.34. The van der Waals surface area contributed by atoms with Gasteiger partial charge in [0.2, 0.25) is 0 Å². The Kier molecular flexibility index (Phi) is 10.5. The van der Waals surface area contributed by atoms with E-state index in [1.54, 1.807) is 0 Å². The molecule has 0 aromatic rings. The molecule has 0 spiro atoms. The lowest BCUT2D eigenvalue weighted by Gasteiger charge is -2.03. The first-order valence-electron chi connectivity index (χ1n) is 5.10. The average molecular weight is 180 g/mol. The summed E-state index contributed by atoms with van der Waals surface area (Å²) in [4.78, 5) is 0.